The van der Waals surface area contributed by atoms with Crippen molar-refractivity contribution in [3.63, 3.8) is 0 Å². The third-order valence-electron chi connectivity index (χ3n) is 3.71. The van der Waals surface area contributed by atoms with E-state index in [1.807, 2.05) is 11.3 Å². The van der Waals surface area contributed by atoms with Crippen molar-refractivity contribution in [1.29, 1.82) is 0 Å². The van der Waals surface area contributed by atoms with Crippen LogP contribution in [0, 0.1) is 5.92 Å². The molecule has 0 aromatic carbocycles. The van der Waals surface area contributed by atoms with Gasteiger partial charge in [0.1, 0.15) is 0 Å². The summed E-state index contributed by atoms with van der Waals surface area (Å²) < 4.78 is 1.28. The molecule has 0 spiro atoms. The predicted molar refractivity (Wildman–Crippen MR) is 79.6 cm³/mol. The molecule has 0 aliphatic heterocycles. The molecular weight excluding hydrogens is 294 g/mol. The second kappa shape index (κ2) is 6.91. The first kappa shape index (κ1) is 13.6. The van der Waals surface area contributed by atoms with Gasteiger partial charge in [0.25, 0.3) is 0 Å². The maximum absolute atomic E-state index is 3.67. The van der Waals surface area contributed by atoms with E-state index in [0.717, 1.165) is 12.5 Å². The monoisotopic (exact) mass is 315 g/mol. The fraction of sp³-hybridized carbons (Fsp3) is 0.714. The second-order valence-corrected chi connectivity index (χ2v) is 6.78. The van der Waals surface area contributed by atoms with Crippen molar-refractivity contribution in [3.8, 4) is 0 Å². The van der Waals surface area contributed by atoms with Crippen LogP contribution in [0.4, 0.5) is 0 Å². The lowest BCUT2D eigenvalue weighted by Gasteiger charge is -2.26. The Kier molecular flexibility index (Phi) is 5.51. The molecule has 1 nitrogen and oxygen atoms in total. The maximum atomic E-state index is 3.67. The molecular formula is C14H22BrNS. The summed E-state index contributed by atoms with van der Waals surface area (Å²) >= 11 is 5.55. The molecule has 1 fully saturated rings. The predicted octanol–water partition coefficient (Wildman–Crippen LogP) is 5.13. The third kappa shape index (κ3) is 3.80. The largest absolute Gasteiger partial charge is 0.309 e. The molecule has 1 N–H and O–H groups in total. The van der Waals surface area contributed by atoms with Crippen LogP contribution in [0.1, 0.15) is 56.4 Å². The number of thiophene rings is 1. The lowest BCUT2D eigenvalue weighted by molar-refractivity contribution is 0.303. The van der Waals surface area contributed by atoms with Crippen molar-refractivity contribution in [3.05, 3.63) is 20.8 Å². The van der Waals surface area contributed by atoms with Gasteiger partial charge in [-0.1, -0.05) is 39.0 Å². The van der Waals surface area contributed by atoms with Gasteiger partial charge in [0.2, 0.25) is 0 Å². The molecule has 1 unspecified atom stereocenters. The van der Waals surface area contributed by atoms with Crippen molar-refractivity contribution < 1.29 is 0 Å². The van der Waals surface area contributed by atoms with Gasteiger partial charge >= 0.3 is 0 Å². The highest BCUT2D eigenvalue weighted by molar-refractivity contribution is 9.10. The van der Waals surface area contributed by atoms with Gasteiger partial charge < -0.3 is 5.32 Å². The number of nitrogens with one attached hydrogen (secondary N) is 1. The molecule has 1 aliphatic carbocycles. The van der Waals surface area contributed by atoms with Crippen LogP contribution < -0.4 is 5.32 Å². The van der Waals surface area contributed by atoms with E-state index in [4.69, 9.17) is 0 Å². The summed E-state index contributed by atoms with van der Waals surface area (Å²) in [6.07, 6.45) is 8.51. The number of rotatable bonds is 5. The van der Waals surface area contributed by atoms with E-state index in [1.165, 1.54) is 47.9 Å². The molecule has 1 heterocycles. The molecule has 3 heteroatoms. The molecule has 0 amide bonds. The summed E-state index contributed by atoms with van der Waals surface area (Å²) in [5.74, 6) is 0.932. The molecule has 2 rings (SSSR count). The minimum Gasteiger partial charge on any atom is -0.309 e. The SMILES string of the molecule is CCNC(CC1CCCCC1)c1sccc1Br. The molecule has 1 aliphatic rings. The second-order valence-electron chi connectivity index (χ2n) is 4.98. The highest BCUT2D eigenvalue weighted by atomic mass is 79.9. The number of halogens is 1. The van der Waals surface area contributed by atoms with Crippen molar-refractivity contribution >= 4 is 27.3 Å². The molecule has 1 aromatic rings. The van der Waals surface area contributed by atoms with Crippen LogP contribution in [-0.4, -0.2) is 6.54 Å². The Labute approximate surface area is 117 Å². The molecule has 0 bridgehead atoms. The van der Waals surface area contributed by atoms with Gasteiger partial charge in [-0.05, 0) is 46.3 Å². The van der Waals surface area contributed by atoms with E-state index in [2.05, 4.69) is 39.6 Å². The zero-order valence-corrected chi connectivity index (χ0v) is 12.9. The number of hydrogen-bond donors (Lipinski definition) is 1. The van der Waals surface area contributed by atoms with Gasteiger partial charge in [-0.2, -0.15) is 0 Å². The fourth-order valence-corrected chi connectivity index (χ4v) is 4.58. The Hall–Kier alpha value is 0.140. The van der Waals surface area contributed by atoms with Crippen LogP contribution in [0.2, 0.25) is 0 Å². The Morgan fingerprint density at radius 3 is 2.76 bits per heavy atom. The van der Waals surface area contributed by atoms with Crippen molar-refractivity contribution in [1.82, 2.24) is 5.32 Å². The summed E-state index contributed by atoms with van der Waals surface area (Å²) in [5, 5.41) is 5.84. The van der Waals surface area contributed by atoms with Crippen LogP contribution in [0.25, 0.3) is 0 Å². The fourth-order valence-electron chi connectivity index (χ4n) is 2.84. The Morgan fingerprint density at radius 2 is 2.18 bits per heavy atom. The van der Waals surface area contributed by atoms with Gasteiger partial charge in [0, 0.05) is 15.4 Å². The molecule has 0 radical (unpaired) electrons. The average molecular weight is 316 g/mol. The van der Waals surface area contributed by atoms with Gasteiger partial charge in [-0.25, -0.2) is 0 Å². The van der Waals surface area contributed by atoms with Crippen molar-refractivity contribution in [2.75, 3.05) is 6.54 Å². The minimum atomic E-state index is 0.553. The normalized spacial score (nSPS) is 19.4. The van der Waals surface area contributed by atoms with E-state index < -0.39 is 0 Å². The molecule has 96 valence electrons. The first-order valence-electron chi connectivity index (χ1n) is 6.77. The minimum absolute atomic E-state index is 0.553. The first-order valence-corrected chi connectivity index (χ1v) is 8.44. The highest BCUT2D eigenvalue weighted by Crippen LogP contribution is 2.36. The van der Waals surface area contributed by atoms with Crippen LogP contribution in [0.15, 0.2) is 15.9 Å². The molecule has 1 aromatic heterocycles. The van der Waals surface area contributed by atoms with E-state index >= 15 is 0 Å². The Bertz CT molecular complexity index is 331. The molecule has 0 saturated heterocycles. The summed E-state index contributed by atoms with van der Waals surface area (Å²) in [5.41, 5.74) is 0. The van der Waals surface area contributed by atoms with E-state index in [-0.39, 0.29) is 0 Å². The maximum Gasteiger partial charge on any atom is 0.0428 e. The van der Waals surface area contributed by atoms with Gasteiger partial charge in [-0.3, -0.25) is 0 Å². The highest BCUT2D eigenvalue weighted by Gasteiger charge is 2.21. The Balaban J connectivity index is 1.99. The summed E-state index contributed by atoms with van der Waals surface area (Å²) in [7, 11) is 0. The van der Waals surface area contributed by atoms with Gasteiger partial charge in [0.05, 0.1) is 0 Å². The quantitative estimate of drug-likeness (QED) is 0.794. The van der Waals surface area contributed by atoms with Crippen LogP contribution in [0.3, 0.4) is 0 Å². The van der Waals surface area contributed by atoms with Crippen molar-refractivity contribution in [2.45, 2.75) is 51.5 Å². The number of hydrogen-bond acceptors (Lipinski definition) is 2. The third-order valence-corrected chi connectivity index (χ3v) is 5.69. The summed E-state index contributed by atoms with van der Waals surface area (Å²) in [6, 6.07) is 2.73. The lowest BCUT2D eigenvalue weighted by Crippen LogP contribution is -2.24. The molecule has 1 atom stereocenters. The van der Waals surface area contributed by atoms with Crippen LogP contribution >= 0.6 is 27.3 Å². The zero-order chi connectivity index (χ0) is 12.1. The van der Waals surface area contributed by atoms with Crippen molar-refractivity contribution in [2.24, 2.45) is 5.92 Å². The average Bonchev–Trinajstić information content (AvgIpc) is 2.76. The zero-order valence-electron chi connectivity index (χ0n) is 10.5. The summed E-state index contributed by atoms with van der Waals surface area (Å²) in [6.45, 7) is 3.26. The van der Waals surface area contributed by atoms with Crippen LogP contribution in [-0.2, 0) is 0 Å². The van der Waals surface area contributed by atoms with Gasteiger partial charge in [0.15, 0.2) is 0 Å². The molecule has 1 saturated carbocycles. The standard InChI is InChI=1S/C14H22BrNS/c1-2-16-13(14-12(15)8-9-17-14)10-11-6-4-3-5-7-11/h8-9,11,13,16H,2-7,10H2,1H3. The van der Waals surface area contributed by atoms with E-state index in [1.54, 1.807) is 0 Å². The van der Waals surface area contributed by atoms with Crippen LogP contribution in [0.5, 0.6) is 0 Å². The topological polar surface area (TPSA) is 12.0 Å². The summed E-state index contributed by atoms with van der Waals surface area (Å²) in [4.78, 5) is 1.48. The first-order chi connectivity index (χ1) is 8.31. The Morgan fingerprint density at radius 1 is 1.41 bits per heavy atom. The van der Waals surface area contributed by atoms with E-state index in [0.29, 0.717) is 6.04 Å². The van der Waals surface area contributed by atoms with E-state index in [9.17, 15) is 0 Å². The smallest absolute Gasteiger partial charge is 0.0428 e. The van der Waals surface area contributed by atoms with Gasteiger partial charge in [-0.15, -0.1) is 11.3 Å². The lowest BCUT2D eigenvalue weighted by atomic mass is 9.84. The molecule has 17 heavy (non-hydrogen) atoms.